The first-order valence-electron chi connectivity index (χ1n) is 4.12. The molecular weight excluding hydrogens is 161 g/mol. The zero-order valence-corrected chi connectivity index (χ0v) is 7.13. The number of nitrogens with two attached hydrogens (primary N) is 1. The van der Waals surface area contributed by atoms with E-state index in [1.54, 1.807) is 0 Å². The third-order valence-corrected chi connectivity index (χ3v) is 2.36. The molecule has 1 fully saturated rings. The maximum Gasteiger partial charge on any atom is 0.308 e. The molecular formula is C8H14FNO2. The number of ether oxygens (including phenoxy) is 1. The predicted octanol–water partition coefficient (Wildman–Crippen LogP) is 0.625. The first-order chi connectivity index (χ1) is 5.65. The molecule has 1 saturated carbocycles. The minimum Gasteiger partial charge on any atom is -0.469 e. The maximum absolute atomic E-state index is 13.0. The van der Waals surface area contributed by atoms with Gasteiger partial charge >= 0.3 is 5.97 Å². The lowest BCUT2D eigenvalue weighted by Gasteiger charge is -2.27. The van der Waals surface area contributed by atoms with Gasteiger partial charge in [-0.25, -0.2) is 4.39 Å². The van der Waals surface area contributed by atoms with Crippen LogP contribution in [0.25, 0.3) is 0 Å². The van der Waals surface area contributed by atoms with Gasteiger partial charge in [0.15, 0.2) is 0 Å². The topological polar surface area (TPSA) is 52.3 Å². The molecule has 1 aliphatic carbocycles. The van der Waals surface area contributed by atoms with Crippen LogP contribution in [0, 0.1) is 5.92 Å². The number of esters is 1. The molecule has 3 nitrogen and oxygen atoms in total. The molecule has 70 valence electrons. The second-order valence-corrected chi connectivity index (χ2v) is 3.21. The summed E-state index contributed by atoms with van der Waals surface area (Å²) in [7, 11) is 1.32. The fourth-order valence-corrected chi connectivity index (χ4v) is 1.52. The van der Waals surface area contributed by atoms with Gasteiger partial charge in [-0.05, 0) is 19.3 Å². The Morgan fingerprint density at radius 1 is 1.58 bits per heavy atom. The van der Waals surface area contributed by atoms with E-state index in [4.69, 9.17) is 5.73 Å². The summed E-state index contributed by atoms with van der Waals surface area (Å²) in [6.45, 7) is 0. The van der Waals surface area contributed by atoms with Crippen molar-refractivity contribution in [3.05, 3.63) is 0 Å². The molecule has 0 aliphatic heterocycles. The number of halogens is 1. The highest BCUT2D eigenvalue weighted by Gasteiger charge is 2.32. The zero-order valence-electron chi connectivity index (χ0n) is 7.13. The van der Waals surface area contributed by atoms with Crippen molar-refractivity contribution in [2.24, 2.45) is 11.7 Å². The molecule has 12 heavy (non-hydrogen) atoms. The molecule has 0 spiro atoms. The van der Waals surface area contributed by atoms with Crippen LogP contribution in [0.4, 0.5) is 4.39 Å². The minimum atomic E-state index is -1.05. The van der Waals surface area contributed by atoms with E-state index in [0.29, 0.717) is 12.8 Å². The Labute approximate surface area is 71.1 Å². The number of hydrogen-bond donors (Lipinski definition) is 1. The molecule has 0 aromatic carbocycles. The normalized spacial score (nSPS) is 36.1. The van der Waals surface area contributed by atoms with Gasteiger partial charge in [0, 0.05) is 6.04 Å². The Balaban J connectivity index is 2.45. The third-order valence-electron chi connectivity index (χ3n) is 2.36. The second kappa shape index (κ2) is 3.85. The summed E-state index contributed by atoms with van der Waals surface area (Å²) in [4.78, 5) is 11.0. The molecule has 0 aromatic heterocycles. The van der Waals surface area contributed by atoms with Gasteiger partial charge in [-0.15, -0.1) is 0 Å². The van der Waals surface area contributed by atoms with Crippen LogP contribution < -0.4 is 5.73 Å². The van der Waals surface area contributed by atoms with Crippen LogP contribution in [0.2, 0.25) is 0 Å². The summed E-state index contributed by atoms with van der Waals surface area (Å²) in [6.07, 6.45) is 0.381. The highest BCUT2D eigenvalue weighted by atomic mass is 19.1. The predicted molar refractivity (Wildman–Crippen MR) is 42.2 cm³/mol. The molecule has 4 heteroatoms. The Morgan fingerprint density at radius 3 is 2.75 bits per heavy atom. The van der Waals surface area contributed by atoms with Crippen LogP contribution in [0.5, 0.6) is 0 Å². The van der Waals surface area contributed by atoms with Crippen molar-refractivity contribution in [2.75, 3.05) is 7.11 Å². The van der Waals surface area contributed by atoms with Gasteiger partial charge in [-0.2, -0.15) is 0 Å². The summed E-state index contributed by atoms with van der Waals surface area (Å²) >= 11 is 0. The van der Waals surface area contributed by atoms with Crippen molar-refractivity contribution >= 4 is 5.97 Å². The van der Waals surface area contributed by atoms with Crippen LogP contribution in [0.15, 0.2) is 0 Å². The Morgan fingerprint density at radius 2 is 2.25 bits per heavy atom. The molecule has 2 N–H and O–H groups in total. The van der Waals surface area contributed by atoms with E-state index in [2.05, 4.69) is 4.74 Å². The van der Waals surface area contributed by atoms with Crippen molar-refractivity contribution < 1.29 is 13.9 Å². The summed E-state index contributed by atoms with van der Waals surface area (Å²) in [6, 6.07) is -0.397. The number of carbonyl (C=O) groups is 1. The van der Waals surface area contributed by atoms with Gasteiger partial charge in [0.05, 0.1) is 13.0 Å². The number of methoxy groups -OCH3 is 1. The van der Waals surface area contributed by atoms with Crippen LogP contribution in [0.1, 0.15) is 19.3 Å². The third kappa shape index (κ3) is 1.94. The van der Waals surface area contributed by atoms with E-state index in [1.165, 1.54) is 7.11 Å². The summed E-state index contributed by atoms with van der Waals surface area (Å²) in [5, 5.41) is 0. The van der Waals surface area contributed by atoms with Crippen molar-refractivity contribution in [1.29, 1.82) is 0 Å². The van der Waals surface area contributed by atoms with Crippen molar-refractivity contribution in [2.45, 2.75) is 31.5 Å². The smallest absolute Gasteiger partial charge is 0.308 e. The first kappa shape index (κ1) is 9.45. The first-order valence-corrected chi connectivity index (χ1v) is 4.12. The van der Waals surface area contributed by atoms with Gasteiger partial charge in [0.1, 0.15) is 6.17 Å². The van der Waals surface area contributed by atoms with Gasteiger partial charge < -0.3 is 10.5 Å². The molecule has 0 radical (unpaired) electrons. The lowest BCUT2D eigenvalue weighted by molar-refractivity contribution is -0.147. The number of alkyl halides is 1. The average molecular weight is 175 g/mol. The van der Waals surface area contributed by atoms with Gasteiger partial charge in [0.2, 0.25) is 0 Å². The number of rotatable bonds is 1. The maximum atomic E-state index is 13.0. The van der Waals surface area contributed by atoms with E-state index in [1.807, 2.05) is 0 Å². The highest BCUT2D eigenvalue weighted by Crippen LogP contribution is 2.26. The summed E-state index contributed by atoms with van der Waals surface area (Å²) < 4.78 is 17.5. The standard InChI is InChI=1S/C8H14FNO2/c1-12-8(11)5-2-3-7(10)6(9)4-5/h5-7H,2-4,10H2,1H3/t5-,6+,7-/m1/s1. The molecule has 0 bridgehead atoms. The number of carbonyl (C=O) groups excluding carboxylic acids is 1. The number of hydrogen-bond acceptors (Lipinski definition) is 3. The Kier molecular flexibility index (Phi) is 3.03. The van der Waals surface area contributed by atoms with Crippen LogP contribution in [0.3, 0.4) is 0 Å². The van der Waals surface area contributed by atoms with Gasteiger partial charge in [-0.1, -0.05) is 0 Å². The van der Waals surface area contributed by atoms with Gasteiger partial charge in [0.25, 0.3) is 0 Å². The minimum absolute atomic E-state index is 0.216. The van der Waals surface area contributed by atoms with Crippen molar-refractivity contribution in [3.63, 3.8) is 0 Å². The van der Waals surface area contributed by atoms with Crippen molar-refractivity contribution in [1.82, 2.24) is 0 Å². The highest BCUT2D eigenvalue weighted by molar-refractivity contribution is 5.72. The molecule has 0 aromatic rings. The van der Waals surface area contributed by atoms with E-state index in [9.17, 15) is 9.18 Å². The molecule has 0 amide bonds. The lowest BCUT2D eigenvalue weighted by Crippen LogP contribution is -2.39. The largest absolute Gasteiger partial charge is 0.469 e. The fraction of sp³-hybridized carbons (Fsp3) is 0.875. The van der Waals surface area contributed by atoms with E-state index in [-0.39, 0.29) is 18.3 Å². The van der Waals surface area contributed by atoms with Crippen LogP contribution >= 0.6 is 0 Å². The lowest BCUT2D eigenvalue weighted by atomic mass is 9.85. The molecule has 1 rings (SSSR count). The van der Waals surface area contributed by atoms with E-state index < -0.39 is 12.2 Å². The van der Waals surface area contributed by atoms with E-state index >= 15 is 0 Å². The average Bonchev–Trinajstić information content (AvgIpc) is 2.08. The molecule has 1 aliphatic rings. The summed E-state index contributed by atoms with van der Waals surface area (Å²) in [5.74, 6) is -0.602. The second-order valence-electron chi connectivity index (χ2n) is 3.21. The Hall–Kier alpha value is -0.640. The zero-order chi connectivity index (χ0) is 9.14. The Bertz CT molecular complexity index is 174. The van der Waals surface area contributed by atoms with Crippen LogP contribution in [-0.2, 0) is 9.53 Å². The fourth-order valence-electron chi connectivity index (χ4n) is 1.52. The monoisotopic (exact) mass is 175 g/mol. The van der Waals surface area contributed by atoms with Gasteiger partial charge in [-0.3, -0.25) is 4.79 Å². The SMILES string of the molecule is COC(=O)[C@@H]1CC[C@@H](N)[C@@H](F)C1. The molecule has 0 saturated heterocycles. The summed E-state index contributed by atoms with van der Waals surface area (Å²) in [5.41, 5.74) is 5.45. The molecule has 0 heterocycles. The van der Waals surface area contributed by atoms with Crippen LogP contribution in [-0.4, -0.2) is 25.3 Å². The van der Waals surface area contributed by atoms with Crippen molar-refractivity contribution in [3.8, 4) is 0 Å². The molecule has 0 unspecified atom stereocenters. The van der Waals surface area contributed by atoms with E-state index in [0.717, 1.165) is 0 Å². The molecule has 3 atom stereocenters. The quantitative estimate of drug-likeness (QED) is 0.594.